The average Bonchev–Trinajstić information content (AvgIpc) is 3.24. The van der Waals surface area contributed by atoms with Crippen molar-refractivity contribution >= 4 is 30.9 Å². The van der Waals surface area contributed by atoms with Gasteiger partial charge in [0.25, 0.3) is 0 Å². The highest BCUT2D eigenvalue weighted by molar-refractivity contribution is 5.84. The van der Waals surface area contributed by atoms with E-state index in [-0.39, 0.29) is 25.1 Å². The first kappa shape index (κ1) is 63.6. The number of aliphatic hydroxyl groups excluding tert-OH is 23. The van der Waals surface area contributed by atoms with Crippen LogP contribution in [0.25, 0.3) is 0 Å². The van der Waals surface area contributed by atoms with Crippen molar-refractivity contribution < 1.29 is 141 Å². The zero-order chi connectivity index (χ0) is 46.3. The smallest absolute Gasteiger partial charge is 0.189 e. The highest BCUT2D eigenvalue weighted by Gasteiger charge is 2.31. The summed E-state index contributed by atoms with van der Waals surface area (Å²) >= 11 is 0. The number of rotatable bonds is 23. The molecular formula is C29H58O28. The fraction of sp³-hybridized carbons (Fsp3) is 0.828. The number of carbonyl (C=O) groups is 5. The van der Waals surface area contributed by atoms with Crippen LogP contribution in [0.15, 0.2) is 0 Å². The summed E-state index contributed by atoms with van der Waals surface area (Å²) in [5.74, 6) is -1.00. The van der Waals surface area contributed by atoms with Crippen molar-refractivity contribution in [3.8, 4) is 0 Å². The number of carbonyl (C=O) groups excluding carboxylic acids is 5. The van der Waals surface area contributed by atoms with Crippen molar-refractivity contribution in [3.05, 3.63) is 0 Å². The molecule has 23 N–H and O–H groups in total. The van der Waals surface area contributed by atoms with E-state index >= 15 is 0 Å². The van der Waals surface area contributed by atoms with Gasteiger partial charge in [0, 0.05) is 0 Å². The van der Waals surface area contributed by atoms with Crippen molar-refractivity contribution in [2.24, 2.45) is 0 Å². The summed E-state index contributed by atoms with van der Waals surface area (Å²) in [6.07, 6.45) is -29.4. The molecule has 0 saturated heterocycles. The lowest BCUT2D eigenvalue weighted by molar-refractivity contribution is -0.142. The van der Waals surface area contributed by atoms with Crippen molar-refractivity contribution in [2.75, 3.05) is 33.0 Å². The number of ketones is 1. The molecule has 0 bridgehead atoms. The molecule has 342 valence electrons. The molecule has 18 unspecified atom stereocenters. The number of Topliss-reactive ketones (excluding diaryl/α,β-unsaturated/α-hetero) is 1. The first-order valence-electron chi connectivity index (χ1n) is 15.9. The Hall–Kier alpha value is -2.57. The molecule has 0 amide bonds. The van der Waals surface area contributed by atoms with Crippen LogP contribution in [0, 0.1) is 0 Å². The van der Waals surface area contributed by atoms with E-state index in [4.69, 9.17) is 117 Å². The van der Waals surface area contributed by atoms with Gasteiger partial charge >= 0.3 is 0 Å². The molecule has 0 saturated carbocycles. The third-order valence-electron chi connectivity index (χ3n) is 6.64. The number of hydrogen-bond acceptors (Lipinski definition) is 28. The second-order valence-electron chi connectivity index (χ2n) is 11.2. The van der Waals surface area contributed by atoms with Crippen molar-refractivity contribution in [3.63, 3.8) is 0 Å². The molecule has 0 aromatic rings. The van der Waals surface area contributed by atoms with Gasteiger partial charge in [-0.15, -0.1) is 0 Å². The van der Waals surface area contributed by atoms with Gasteiger partial charge in [0.15, 0.2) is 30.9 Å². The van der Waals surface area contributed by atoms with Crippen molar-refractivity contribution in [1.82, 2.24) is 0 Å². The fourth-order valence-electron chi connectivity index (χ4n) is 2.82. The van der Waals surface area contributed by atoms with E-state index < -0.39 is 149 Å². The monoisotopic (exact) mass is 854 g/mol. The Kier molecular flexibility index (Phi) is 40.7. The molecule has 0 spiro atoms. The van der Waals surface area contributed by atoms with Crippen molar-refractivity contribution in [1.29, 1.82) is 0 Å². The summed E-state index contributed by atoms with van der Waals surface area (Å²) in [5, 5.41) is 199. The van der Waals surface area contributed by atoms with E-state index in [1.165, 1.54) is 6.92 Å². The van der Waals surface area contributed by atoms with Gasteiger partial charge < -0.3 is 137 Å². The molecule has 0 rings (SSSR count). The number of aldehydes is 4. The van der Waals surface area contributed by atoms with Gasteiger partial charge in [0.1, 0.15) is 110 Å². The molecule has 0 fully saturated rings. The summed E-state index contributed by atoms with van der Waals surface area (Å²) in [6.45, 7) is -2.65. The maximum absolute atomic E-state index is 10.5. The van der Waals surface area contributed by atoms with Crippen LogP contribution >= 0.6 is 0 Å². The van der Waals surface area contributed by atoms with Crippen LogP contribution in [0.2, 0.25) is 0 Å². The molecule has 0 aromatic carbocycles. The Balaban J connectivity index is -0.000000198. The highest BCUT2D eigenvalue weighted by Crippen LogP contribution is 2.05. The predicted molar refractivity (Wildman–Crippen MR) is 178 cm³/mol. The van der Waals surface area contributed by atoms with Gasteiger partial charge in [0.2, 0.25) is 0 Å². The molecule has 0 aromatic heterocycles. The Morgan fingerprint density at radius 1 is 0.368 bits per heavy atom. The van der Waals surface area contributed by atoms with Crippen LogP contribution in [-0.2, 0) is 24.0 Å². The SMILES string of the molecule is CC(O)C(O)C(O)C(O)C=O.O=C(CO)C(O)C(O)C(O)CO.O=CC(O)C(O)C(O)C(O)CO.O=CC(O)C(O)C(O)C(O)CO.O=CC(O)C(O)C(O)CO. The third-order valence-corrected chi connectivity index (χ3v) is 6.64. The third kappa shape index (κ3) is 27.7. The maximum atomic E-state index is 10.5. The Bertz CT molecular complexity index is 976. The van der Waals surface area contributed by atoms with E-state index in [0.29, 0.717) is 0 Å². The number of hydrogen-bond donors (Lipinski definition) is 23. The summed E-state index contributed by atoms with van der Waals surface area (Å²) in [6, 6.07) is 0. The second-order valence-corrected chi connectivity index (χ2v) is 11.2. The quantitative estimate of drug-likeness (QED) is 0.0424. The predicted octanol–water partition coefficient (Wildman–Crippen LogP) is -15.2. The van der Waals surface area contributed by atoms with E-state index in [1.807, 2.05) is 0 Å². The van der Waals surface area contributed by atoms with Gasteiger partial charge in [-0.2, -0.15) is 0 Å². The molecule has 0 aliphatic heterocycles. The number of aliphatic hydroxyl groups is 23. The largest absolute Gasteiger partial charge is 0.394 e. The maximum Gasteiger partial charge on any atom is 0.189 e. The molecule has 0 radical (unpaired) electrons. The summed E-state index contributed by atoms with van der Waals surface area (Å²) < 4.78 is 0. The summed E-state index contributed by atoms with van der Waals surface area (Å²) in [5.41, 5.74) is 0. The van der Waals surface area contributed by atoms with Crippen LogP contribution in [0.4, 0.5) is 0 Å². The first-order chi connectivity index (χ1) is 26.3. The van der Waals surface area contributed by atoms with Crippen LogP contribution in [-0.4, -0.2) is 291 Å². The Morgan fingerprint density at radius 2 is 0.596 bits per heavy atom. The molecule has 0 heterocycles. The standard InChI is InChI=1S/3C6H12O6.C6H12O5.C5H10O5/c3*7-1-3(9)5(11)6(12)4(10)2-8;1-3(8)5(10)6(11)4(9)2-7;6-1-3(8)5(10)4(9)2-7/h3,5-9,11-12H,1-2H2;2*1,3-6,8-12H,2H2;2-6,8-11H,1H3;1,3-5,7-10H,2H2. The Morgan fingerprint density at radius 3 is 0.825 bits per heavy atom. The van der Waals surface area contributed by atoms with E-state index in [0.717, 1.165) is 0 Å². The van der Waals surface area contributed by atoms with E-state index in [9.17, 15) is 24.0 Å². The van der Waals surface area contributed by atoms with Gasteiger partial charge in [-0.3, -0.25) is 4.79 Å². The lowest BCUT2D eigenvalue weighted by Gasteiger charge is -2.22. The van der Waals surface area contributed by atoms with Crippen LogP contribution in [0.3, 0.4) is 0 Å². The van der Waals surface area contributed by atoms with Crippen molar-refractivity contribution in [2.45, 2.75) is 117 Å². The minimum Gasteiger partial charge on any atom is -0.394 e. The van der Waals surface area contributed by atoms with Crippen LogP contribution in [0.5, 0.6) is 0 Å². The molecule has 0 aliphatic rings. The molecule has 28 heteroatoms. The minimum absolute atomic E-state index is 0.0258. The average molecular weight is 855 g/mol. The normalized spacial score (nSPS) is 20.4. The van der Waals surface area contributed by atoms with Gasteiger partial charge in [-0.25, -0.2) is 0 Å². The van der Waals surface area contributed by atoms with E-state index in [2.05, 4.69) is 0 Å². The molecule has 28 nitrogen and oxygen atoms in total. The minimum atomic E-state index is -1.86. The topological polar surface area (TPSA) is 551 Å². The highest BCUT2D eigenvalue weighted by atomic mass is 16.4. The fourth-order valence-corrected chi connectivity index (χ4v) is 2.82. The lowest BCUT2D eigenvalue weighted by atomic mass is 10.0. The van der Waals surface area contributed by atoms with Gasteiger partial charge in [0.05, 0.1) is 32.5 Å². The lowest BCUT2D eigenvalue weighted by Crippen LogP contribution is -2.46. The zero-order valence-corrected chi connectivity index (χ0v) is 30.1. The zero-order valence-electron chi connectivity index (χ0n) is 30.1. The van der Waals surface area contributed by atoms with Crippen LogP contribution < -0.4 is 0 Å². The molecular weight excluding hydrogens is 796 g/mol. The van der Waals surface area contributed by atoms with Crippen LogP contribution in [0.1, 0.15) is 6.92 Å². The van der Waals surface area contributed by atoms with Gasteiger partial charge in [-0.05, 0) is 6.92 Å². The first-order valence-corrected chi connectivity index (χ1v) is 15.9. The molecule has 57 heavy (non-hydrogen) atoms. The molecule has 18 atom stereocenters. The summed E-state index contributed by atoms with van der Waals surface area (Å²) in [4.78, 5) is 49.9. The van der Waals surface area contributed by atoms with Gasteiger partial charge in [-0.1, -0.05) is 0 Å². The van der Waals surface area contributed by atoms with E-state index in [1.54, 1.807) is 0 Å². The summed E-state index contributed by atoms with van der Waals surface area (Å²) in [7, 11) is 0. The second kappa shape index (κ2) is 36.5. The molecule has 0 aliphatic carbocycles. The Labute approximate surface area is 322 Å².